The molecule has 0 radical (unpaired) electrons. The van der Waals surface area contributed by atoms with Crippen molar-refractivity contribution < 1.29 is 9.90 Å². The van der Waals surface area contributed by atoms with Gasteiger partial charge in [0.2, 0.25) is 0 Å². The van der Waals surface area contributed by atoms with E-state index in [0.29, 0.717) is 5.92 Å². The standard InChI is InChI=1S/C19H24N2O2/c1-14-11-17(20-8-3-4-9-20)5-6-18(14)19(23)21-10-7-16(13-22)12-15(21)2/h3-6,8-9,11,15-16,22H,7,10,12-13H2,1-2H3/t15-,16-/m0/s1. The van der Waals surface area contributed by atoms with Gasteiger partial charge in [-0.25, -0.2) is 0 Å². The third-order valence-corrected chi connectivity index (χ3v) is 4.85. The van der Waals surface area contributed by atoms with Crippen molar-refractivity contribution in [3.05, 3.63) is 53.9 Å². The molecule has 0 bridgehead atoms. The van der Waals surface area contributed by atoms with Crippen LogP contribution in [0.4, 0.5) is 0 Å². The number of piperidine rings is 1. The van der Waals surface area contributed by atoms with E-state index in [9.17, 15) is 9.90 Å². The average molecular weight is 312 g/mol. The molecule has 0 unspecified atom stereocenters. The Bertz CT molecular complexity index is 679. The normalized spacial score (nSPS) is 21.4. The van der Waals surface area contributed by atoms with Crippen molar-refractivity contribution in [2.75, 3.05) is 13.2 Å². The summed E-state index contributed by atoms with van der Waals surface area (Å²) >= 11 is 0. The number of carbonyl (C=O) groups is 1. The highest BCUT2D eigenvalue weighted by atomic mass is 16.3. The Hall–Kier alpha value is -2.07. The fourth-order valence-electron chi connectivity index (χ4n) is 3.45. The molecule has 1 N–H and O–H groups in total. The Morgan fingerprint density at radius 1 is 1.30 bits per heavy atom. The van der Waals surface area contributed by atoms with Crippen LogP contribution in [0.3, 0.4) is 0 Å². The van der Waals surface area contributed by atoms with Gasteiger partial charge in [0.15, 0.2) is 0 Å². The zero-order valence-electron chi connectivity index (χ0n) is 13.8. The van der Waals surface area contributed by atoms with E-state index in [1.165, 1.54) is 0 Å². The van der Waals surface area contributed by atoms with Crippen LogP contribution >= 0.6 is 0 Å². The molecule has 1 amide bonds. The molecule has 2 heterocycles. The van der Waals surface area contributed by atoms with Crippen LogP contribution in [0.15, 0.2) is 42.7 Å². The summed E-state index contributed by atoms with van der Waals surface area (Å²) < 4.78 is 2.04. The number of aliphatic hydroxyl groups is 1. The fourth-order valence-corrected chi connectivity index (χ4v) is 3.45. The average Bonchev–Trinajstić information content (AvgIpc) is 3.08. The van der Waals surface area contributed by atoms with Crippen LogP contribution in [-0.2, 0) is 0 Å². The third kappa shape index (κ3) is 3.17. The second-order valence-electron chi connectivity index (χ2n) is 6.51. The Balaban J connectivity index is 1.80. The highest BCUT2D eigenvalue weighted by Gasteiger charge is 2.29. The van der Waals surface area contributed by atoms with Crippen LogP contribution in [0.25, 0.3) is 5.69 Å². The molecular formula is C19H24N2O2. The molecule has 2 aromatic rings. The number of aromatic nitrogens is 1. The quantitative estimate of drug-likeness (QED) is 0.947. The number of nitrogens with zero attached hydrogens (tertiary/aromatic N) is 2. The van der Waals surface area contributed by atoms with Gasteiger partial charge in [0.25, 0.3) is 5.91 Å². The Kier molecular flexibility index (Phi) is 4.53. The van der Waals surface area contributed by atoms with E-state index in [0.717, 1.165) is 36.2 Å². The predicted octanol–water partition coefficient (Wildman–Crippen LogP) is 3.02. The molecular weight excluding hydrogens is 288 g/mol. The van der Waals surface area contributed by atoms with Crippen LogP contribution in [-0.4, -0.2) is 39.7 Å². The van der Waals surface area contributed by atoms with Crippen molar-refractivity contribution in [1.82, 2.24) is 9.47 Å². The Labute approximate surface area is 137 Å². The van der Waals surface area contributed by atoms with E-state index < -0.39 is 0 Å². The fraction of sp³-hybridized carbons (Fsp3) is 0.421. The molecule has 4 heteroatoms. The SMILES string of the molecule is Cc1cc(-n2cccc2)ccc1C(=O)N1CC[C@H](CO)C[C@@H]1C. The minimum absolute atomic E-state index is 0.102. The summed E-state index contributed by atoms with van der Waals surface area (Å²) in [6, 6.07) is 10.1. The number of carbonyl (C=O) groups excluding carboxylic acids is 1. The van der Waals surface area contributed by atoms with Gasteiger partial charge >= 0.3 is 0 Å². The molecule has 4 nitrogen and oxygen atoms in total. The zero-order valence-corrected chi connectivity index (χ0v) is 13.8. The maximum Gasteiger partial charge on any atom is 0.254 e. The van der Waals surface area contributed by atoms with Crippen LogP contribution in [0.1, 0.15) is 35.7 Å². The van der Waals surface area contributed by atoms with Gasteiger partial charge in [-0.1, -0.05) is 0 Å². The molecule has 122 valence electrons. The van der Waals surface area contributed by atoms with Gasteiger partial charge in [-0.15, -0.1) is 0 Å². The van der Waals surface area contributed by atoms with Crippen LogP contribution in [0.2, 0.25) is 0 Å². The lowest BCUT2D eigenvalue weighted by Gasteiger charge is -2.37. The summed E-state index contributed by atoms with van der Waals surface area (Å²) in [6.45, 7) is 5.01. The first-order chi connectivity index (χ1) is 11.1. The van der Waals surface area contributed by atoms with E-state index in [4.69, 9.17) is 0 Å². The smallest absolute Gasteiger partial charge is 0.254 e. The van der Waals surface area contributed by atoms with Crippen LogP contribution in [0, 0.1) is 12.8 Å². The minimum Gasteiger partial charge on any atom is -0.396 e. The van der Waals surface area contributed by atoms with E-state index in [1.54, 1.807) is 0 Å². The van der Waals surface area contributed by atoms with Crippen molar-refractivity contribution in [3.8, 4) is 5.69 Å². The number of hydrogen-bond acceptors (Lipinski definition) is 2. The van der Waals surface area contributed by atoms with E-state index in [2.05, 4.69) is 13.0 Å². The second kappa shape index (κ2) is 6.59. The number of aryl methyl sites for hydroxylation is 1. The molecule has 0 spiro atoms. The number of rotatable bonds is 3. The van der Waals surface area contributed by atoms with Gasteiger partial charge in [0.1, 0.15) is 0 Å². The zero-order chi connectivity index (χ0) is 16.4. The summed E-state index contributed by atoms with van der Waals surface area (Å²) in [4.78, 5) is 14.8. The molecule has 0 aliphatic carbocycles. The van der Waals surface area contributed by atoms with Gasteiger partial charge < -0.3 is 14.6 Å². The van der Waals surface area contributed by atoms with Crippen LogP contribution < -0.4 is 0 Å². The monoisotopic (exact) mass is 312 g/mol. The Morgan fingerprint density at radius 2 is 2.04 bits per heavy atom. The molecule has 1 aromatic heterocycles. The molecule has 23 heavy (non-hydrogen) atoms. The third-order valence-electron chi connectivity index (χ3n) is 4.85. The summed E-state index contributed by atoms with van der Waals surface area (Å²) in [5, 5.41) is 9.31. The van der Waals surface area contributed by atoms with Gasteiger partial charge in [-0.3, -0.25) is 4.79 Å². The molecule has 1 aromatic carbocycles. The molecule has 3 rings (SSSR count). The predicted molar refractivity (Wildman–Crippen MR) is 90.8 cm³/mol. The topological polar surface area (TPSA) is 45.5 Å². The molecule has 1 aliphatic heterocycles. The minimum atomic E-state index is 0.102. The molecule has 1 saturated heterocycles. The summed E-state index contributed by atoms with van der Waals surface area (Å²) in [5.41, 5.74) is 2.84. The van der Waals surface area contributed by atoms with Gasteiger partial charge in [-0.05, 0) is 68.5 Å². The van der Waals surface area contributed by atoms with Crippen LogP contribution in [0.5, 0.6) is 0 Å². The van der Waals surface area contributed by atoms with Gasteiger partial charge in [0, 0.05) is 42.8 Å². The summed E-state index contributed by atoms with van der Waals surface area (Å²) in [5.74, 6) is 0.428. The van der Waals surface area contributed by atoms with Crippen molar-refractivity contribution in [3.63, 3.8) is 0 Å². The number of hydrogen-bond donors (Lipinski definition) is 1. The lowest BCUT2D eigenvalue weighted by Crippen LogP contribution is -2.45. The Morgan fingerprint density at radius 3 is 2.65 bits per heavy atom. The molecule has 1 aliphatic rings. The number of benzene rings is 1. The van der Waals surface area contributed by atoms with Gasteiger partial charge in [-0.2, -0.15) is 0 Å². The van der Waals surface area contributed by atoms with E-state index in [-0.39, 0.29) is 18.6 Å². The summed E-state index contributed by atoms with van der Waals surface area (Å²) in [6.07, 6.45) is 5.76. The van der Waals surface area contributed by atoms with E-state index >= 15 is 0 Å². The van der Waals surface area contributed by atoms with Crippen molar-refractivity contribution in [2.24, 2.45) is 5.92 Å². The second-order valence-corrected chi connectivity index (χ2v) is 6.51. The maximum atomic E-state index is 12.9. The first kappa shape index (κ1) is 15.8. The first-order valence-electron chi connectivity index (χ1n) is 8.26. The molecule has 2 atom stereocenters. The highest BCUT2D eigenvalue weighted by Crippen LogP contribution is 2.25. The van der Waals surface area contributed by atoms with E-state index in [1.807, 2.05) is 53.0 Å². The lowest BCUT2D eigenvalue weighted by atomic mass is 9.91. The van der Waals surface area contributed by atoms with Crippen molar-refractivity contribution in [2.45, 2.75) is 32.7 Å². The molecule has 0 saturated carbocycles. The summed E-state index contributed by atoms with van der Waals surface area (Å²) in [7, 11) is 0. The number of aliphatic hydroxyl groups excluding tert-OH is 1. The molecule has 1 fully saturated rings. The largest absolute Gasteiger partial charge is 0.396 e. The highest BCUT2D eigenvalue weighted by molar-refractivity contribution is 5.96. The van der Waals surface area contributed by atoms with Crippen molar-refractivity contribution in [1.29, 1.82) is 0 Å². The lowest BCUT2D eigenvalue weighted by molar-refractivity contribution is 0.0514. The van der Waals surface area contributed by atoms with Gasteiger partial charge in [0.05, 0.1) is 0 Å². The number of likely N-dealkylation sites (tertiary alicyclic amines) is 1. The first-order valence-corrected chi connectivity index (χ1v) is 8.26. The van der Waals surface area contributed by atoms with Crippen molar-refractivity contribution >= 4 is 5.91 Å². The maximum absolute atomic E-state index is 12.9. The number of amides is 1.